The zero-order valence-electron chi connectivity index (χ0n) is 16.5. The number of methoxy groups -OCH3 is 1. The summed E-state index contributed by atoms with van der Waals surface area (Å²) in [4.78, 5) is 27.8. The van der Waals surface area contributed by atoms with Gasteiger partial charge in [-0.1, -0.05) is 0 Å². The summed E-state index contributed by atoms with van der Waals surface area (Å²) < 4.78 is 4.96. The van der Waals surface area contributed by atoms with Gasteiger partial charge in [0.25, 0.3) is 5.91 Å². The van der Waals surface area contributed by atoms with Gasteiger partial charge in [0.2, 0.25) is 0 Å². The molecular formula is C20H26N4O3S. The van der Waals surface area contributed by atoms with E-state index in [4.69, 9.17) is 4.74 Å². The van der Waals surface area contributed by atoms with Crippen LogP contribution in [0.4, 0.5) is 21.9 Å². The molecule has 28 heavy (non-hydrogen) atoms. The molecule has 0 atom stereocenters. The molecule has 0 aliphatic heterocycles. The van der Waals surface area contributed by atoms with Crippen LogP contribution < -0.4 is 20.9 Å². The summed E-state index contributed by atoms with van der Waals surface area (Å²) in [6.07, 6.45) is 2.00. The molecule has 150 valence electrons. The lowest BCUT2D eigenvalue weighted by molar-refractivity contribution is 0.0937. The van der Waals surface area contributed by atoms with E-state index in [1.54, 1.807) is 37.1 Å². The quantitative estimate of drug-likeness (QED) is 0.465. The number of amides is 3. The minimum Gasteiger partial charge on any atom is -0.383 e. The molecule has 0 fully saturated rings. The Morgan fingerprint density at radius 3 is 2.29 bits per heavy atom. The Morgan fingerprint density at radius 1 is 1.04 bits per heavy atom. The average Bonchev–Trinajstić information content (AvgIpc) is 2.68. The molecule has 0 aliphatic carbocycles. The van der Waals surface area contributed by atoms with Gasteiger partial charge in [0, 0.05) is 49.7 Å². The zero-order valence-corrected chi connectivity index (χ0v) is 17.4. The third-order valence-electron chi connectivity index (χ3n) is 3.92. The molecule has 2 aromatic carbocycles. The molecule has 3 N–H and O–H groups in total. The minimum absolute atomic E-state index is 0.225. The van der Waals surface area contributed by atoms with Gasteiger partial charge in [-0.3, -0.25) is 4.79 Å². The first kappa shape index (κ1) is 21.6. The summed E-state index contributed by atoms with van der Waals surface area (Å²) in [5.74, 6) is -0.225. The normalized spacial score (nSPS) is 10.3. The number of thioether (sulfide) groups is 1. The van der Waals surface area contributed by atoms with Crippen LogP contribution in [-0.4, -0.2) is 52.6 Å². The Hall–Kier alpha value is -2.71. The number of urea groups is 1. The van der Waals surface area contributed by atoms with Crippen LogP contribution in [0.5, 0.6) is 0 Å². The molecule has 2 rings (SSSR count). The topological polar surface area (TPSA) is 82.7 Å². The maximum Gasteiger partial charge on any atom is 0.323 e. The van der Waals surface area contributed by atoms with Gasteiger partial charge in [0.1, 0.15) is 0 Å². The van der Waals surface area contributed by atoms with Crippen LogP contribution in [0.25, 0.3) is 0 Å². The highest BCUT2D eigenvalue weighted by Gasteiger charge is 2.14. The lowest BCUT2D eigenvalue weighted by Crippen LogP contribution is -2.29. The molecule has 0 aromatic heterocycles. The van der Waals surface area contributed by atoms with Gasteiger partial charge in [-0.2, -0.15) is 0 Å². The van der Waals surface area contributed by atoms with Crippen LogP contribution in [0, 0.1) is 0 Å². The summed E-state index contributed by atoms with van der Waals surface area (Å²) in [5.41, 5.74) is 2.45. The smallest absolute Gasteiger partial charge is 0.323 e. The highest BCUT2D eigenvalue weighted by atomic mass is 32.2. The predicted molar refractivity (Wildman–Crippen MR) is 116 cm³/mol. The van der Waals surface area contributed by atoms with Crippen molar-refractivity contribution >= 4 is 40.8 Å². The van der Waals surface area contributed by atoms with Crippen molar-refractivity contribution in [3.05, 3.63) is 48.0 Å². The molecular weight excluding hydrogens is 376 g/mol. The fourth-order valence-electron chi connectivity index (χ4n) is 2.52. The molecule has 0 heterocycles. The molecule has 0 aliphatic rings. The van der Waals surface area contributed by atoms with Crippen LogP contribution >= 0.6 is 11.8 Å². The number of carbonyl (C=O) groups is 2. The Bertz CT molecular complexity index is 810. The number of ether oxygens (including phenoxy) is 1. The highest BCUT2D eigenvalue weighted by molar-refractivity contribution is 7.98. The first-order valence-electron chi connectivity index (χ1n) is 8.75. The van der Waals surface area contributed by atoms with E-state index in [-0.39, 0.29) is 11.9 Å². The van der Waals surface area contributed by atoms with Gasteiger partial charge < -0.3 is 25.6 Å². The first-order valence-corrected chi connectivity index (χ1v) is 9.97. The van der Waals surface area contributed by atoms with Crippen LogP contribution in [0.1, 0.15) is 10.4 Å². The standard InChI is InChI=1S/C20H26N4O3S/c1-24(2)18-10-7-15(13-17(18)19(25)21-11-12-27-3)23-20(26)22-14-5-8-16(28-4)9-6-14/h5-10,13H,11-12H2,1-4H3,(H,21,25)(H2,22,23,26). The maximum atomic E-state index is 12.5. The van der Waals surface area contributed by atoms with E-state index in [0.29, 0.717) is 30.1 Å². The van der Waals surface area contributed by atoms with Crippen molar-refractivity contribution < 1.29 is 14.3 Å². The van der Waals surface area contributed by atoms with Crippen molar-refractivity contribution in [3.8, 4) is 0 Å². The summed E-state index contributed by atoms with van der Waals surface area (Å²) in [7, 11) is 5.30. The van der Waals surface area contributed by atoms with Crippen LogP contribution in [0.15, 0.2) is 47.4 Å². The highest BCUT2D eigenvalue weighted by Crippen LogP contribution is 2.23. The number of benzene rings is 2. The fraction of sp³-hybridized carbons (Fsp3) is 0.300. The number of anilines is 3. The molecule has 0 saturated heterocycles. The van der Waals surface area contributed by atoms with E-state index >= 15 is 0 Å². The van der Waals surface area contributed by atoms with Gasteiger partial charge >= 0.3 is 6.03 Å². The van der Waals surface area contributed by atoms with Crippen molar-refractivity contribution in [1.82, 2.24) is 5.32 Å². The van der Waals surface area contributed by atoms with Gasteiger partial charge in [0.15, 0.2) is 0 Å². The van der Waals surface area contributed by atoms with E-state index in [1.807, 2.05) is 49.5 Å². The van der Waals surface area contributed by atoms with Crippen molar-refractivity contribution in [2.45, 2.75) is 4.90 Å². The van der Waals surface area contributed by atoms with Crippen molar-refractivity contribution in [2.24, 2.45) is 0 Å². The second kappa shape index (κ2) is 10.6. The van der Waals surface area contributed by atoms with E-state index in [0.717, 1.165) is 10.6 Å². The third-order valence-corrected chi connectivity index (χ3v) is 4.66. The first-order chi connectivity index (χ1) is 13.4. The van der Waals surface area contributed by atoms with Crippen LogP contribution in [-0.2, 0) is 4.74 Å². The third kappa shape index (κ3) is 6.17. The lowest BCUT2D eigenvalue weighted by Gasteiger charge is -2.18. The molecule has 2 aromatic rings. The zero-order chi connectivity index (χ0) is 20.5. The number of rotatable bonds is 8. The number of carbonyl (C=O) groups excluding carboxylic acids is 2. The van der Waals surface area contributed by atoms with Crippen molar-refractivity contribution in [2.75, 3.05) is 56.1 Å². The number of hydrogen-bond acceptors (Lipinski definition) is 5. The molecule has 0 unspecified atom stereocenters. The Morgan fingerprint density at radius 2 is 1.68 bits per heavy atom. The largest absolute Gasteiger partial charge is 0.383 e. The van der Waals surface area contributed by atoms with Crippen LogP contribution in [0.3, 0.4) is 0 Å². The van der Waals surface area contributed by atoms with Gasteiger partial charge in [-0.05, 0) is 48.7 Å². The van der Waals surface area contributed by atoms with Crippen molar-refractivity contribution in [1.29, 1.82) is 0 Å². The van der Waals surface area contributed by atoms with E-state index in [9.17, 15) is 9.59 Å². The second-order valence-corrected chi connectivity index (χ2v) is 7.06. The molecule has 0 radical (unpaired) electrons. The molecule has 7 nitrogen and oxygen atoms in total. The molecule has 0 spiro atoms. The van der Waals surface area contributed by atoms with E-state index in [2.05, 4.69) is 16.0 Å². The Kier molecular flexibility index (Phi) is 8.16. The summed E-state index contributed by atoms with van der Waals surface area (Å²) in [6, 6.07) is 12.4. The fourth-order valence-corrected chi connectivity index (χ4v) is 2.92. The van der Waals surface area contributed by atoms with Gasteiger partial charge in [-0.15, -0.1) is 11.8 Å². The summed E-state index contributed by atoms with van der Waals surface area (Å²) in [5, 5.41) is 8.36. The Labute approximate surface area is 169 Å². The molecule has 8 heteroatoms. The second-order valence-electron chi connectivity index (χ2n) is 6.18. The number of hydrogen-bond donors (Lipinski definition) is 3. The minimum atomic E-state index is -0.375. The SMILES string of the molecule is COCCNC(=O)c1cc(NC(=O)Nc2ccc(SC)cc2)ccc1N(C)C. The van der Waals surface area contributed by atoms with Crippen molar-refractivity contribution in [3.63, 3.8) is 0 Å². The maximum absolute atomic E-state index is 12.5. The molecule has 0 saturated carbocycles. The van der Waals surface area contributed by atoms with E-state index in [1.165, 1.54) is 0 Å². The lowest BCUT2D eigenvalue weighted by atomic mass is 10.1. The molecule has 0 bridgehead atoms. The van der Waals surface area contributed by atoms with Gasteiger partial charge in [0.05, 0.1) is 12.2 Å². The average molecular weight is 403 g/mol. The van der Waals surface area contributed by atoms with Gasteiger partial charge in [-0.25, -0.2) is 4.79 Å². The number of nitrogens with zero attached hydrogens (tertiary/aromatic N) is 1. The monoisotopic (exact) mass is 402 g/mol. The molecule has 3 amide bonds. The van der Waals surface area contributed by atoms with E-state index < -0.39 is 0 Å². The predicted octanol–water partition coefficient (Wildman–Crippen LogP) is 3.49. The summed E-state index contributed by atoms with van der Waals surface area (Å²) in [6.45, 7) is 0.838. The Balaban J connectivity index is 2.10. The summed E-state index contributed by atoms with van der Waals surface area (Å²) >= 11 is 1.64. The number of nitrogens with one attached hydrogen (secondary N) is 3. The van der Waals surface area contributed by atoms with Crippen LogP contribution in [0.2, 0.25) is 0 Å².